The minimum Gasteiger partial charge on any atom is -0.396 e. The molecule has 108 valence electrons. The minimum absolute atomic E-state index is 0.0109. The monoisotopic (exact) mass is 279 g/mol. The van der Waals surface area contributed by atoms with Crippen LogP contribution in [-0.4, -0.2) is 81.0 Å². The molecule has 1 aliphatic rings. The highest BCUT2D eigenvalue weighted by molar-refractivity contribution is 7.86. The smallest absolute Gasteiger partial charge is 0.281 e. The molecule has 1 heterocycles. The van der Waals surface area contributed by atoms with Gasteiger partial charge >= 0.3 is 0 Å². The third-order valence-electron chi connectivity index (χ3n) is 3.42. The number of aliphatic hydroxyl groups excluding tert-OH is 1. The van der Waals surface area contributed by atoms with Crippen molar-refractivity contribution in [2.24, 2.45) is 5.92 Å². The summed E-state index contributed by atoms with van der Waals surface area (Å²) in [5, 5.41) is 8.74. The second-order valence-electron chi connectivity index (χ2n) is 5.10. The summed E-state index contributed by atoms with van der Waals surface area (Å²) in [6.07, 6.45) is 1.52. The Kier molecular flexibility index (Phi) is 6.00. The van der Waals surface area contributed by atoms with E-state index >= 15 is 0 Å². The minimum atomic E-state index is -3.38. The standard InChI is InChI=1S/C11H25N3O3S/c1-12-7-5-11(9-12)10-14(3)18(16,17)13(2)6-4-8-15/h11,15H,4-10H2,1-3H3. The van der Waals surface area contributed by atoms with E-state index in [1.807, 2.05) is 0 Å². The van der Waals surface area contributed by atoms with Gasteiger partial charge in [-0.2, -0.15) is 17.0 Å². The van der Waals surface area contributed by atoms with E-state index in [2.05, 4.69) is 11.9 Å². The lowest BCUT2D eigenvalue weighted by atomic mass is 10.1. The molecule has 1 atom stereocenters. The van der Waals surface area contributed by atoms with E-state index in [-0.39, 0.29) is 6.61 Å². The molecule has 1 saturated heterocycles. The predicted octanol–water partition coefficient (Wildman–Crippen LogP) is -0.571. The third-order valence-corrected chi connectivity index (χ3v) is 5.33. The maximum Gasteiger partial charge on any atom is 0.281 e. The zero-order chi connectivity index (χ0) is 13.8. The van der Waals surface area contributed by atoms with Gasteiger partial charge in [0.1, 0.15) is 0 Å². The first-order chi connectivity index (χ1) is 8.37. The van der Waals surface area contributed by atoms with Gasteiger partial charge in [0, 0.05) is 40.3 Å². The van der Waals surface area contributed by atoms with Crippen LogP contribution in [0.2, 0.25) is 0 Å². The van der Waals surface area contributed by atoms with Crippen molar-refractivity contribution in [1.29, 1.82) is 0 Å². The molecule has 1 fully saturated rings. The molecule has 0 saturated carbocycles. The molecule has 0 bridgehead atoms. The summed E-state index contributed by atoms with van der Waals surface area (Å²) in [6.45, 7) is 2.93. The lowest BCUT2D eigenvalue weighted by Gasteiger charge is -2.26. The molecule has 6 nitrogen and oxygen atoms in total. The number of likely N-dealkylation sites (tertiary alicyclic amines) is 1. The molecule has 0 amide bonds. The van der Waals surface area contributed by atoms with Crippen LogP contribution in [0.5, 0.6) is 0 Å². The second-order valence-corrected chi connectivity index (χ2v) is 7.25. The number of hydrogen-bond acceptors (Lipinski definition) is 4. The Morgan fingerprint density at radius 3 is 2.50 bits per heavy atom. The summed E-state index contributed by atoms with van der Waals surface area (Å²) in [7, 11) is 1.86. The fourth-order valence-corrected chi connectivity index (χ4v) is 3.51. The van der Waals surface area contributed by atoms with E-state index in [0.29, 0.717) is 25.4 Å². The van der Waals surface area contributed by atoms with Gasteiger partial charge < -0.3 is 10.0 Å². The molecule has 0 aromatic carbocycles. The predicted molar refractivity (Wildman–Crippen MR) is 71.5 cm³/mol. The SMILES string of the molecule is CN1CCC(CN(C)S(=O)(=O)N(C)CCCO)C1. The van der Waals surface area contributed by atoms with Crippen LogP contribution in [-0.2, 0) is 10.2 Å². The zero-order valence-electron chi connectivity index (χ0n) is 11.5. The summed E-state index contributed by atoms with van der Waals surface area (Å²) in [5.41, 5.74) is 0. The molecule has 18 heavy (non-hydrogen) atoms. The molecule has 1 unspecified atom stereocenters. The fourth-order valence-electron chi connectivity index (χ4n) is 2.28. The van der Waals surface area contributed by atoms with Gasteiger partial charge in [0.25, 0.3) is 10.2 Å². The fraction of sp³-hybridized carbons (Fsp3) is 1.00. The first-order valence-corrected chi connectivity index (χ1v) is 7.74. The van der Waals surface area contributed by atoms with Gasteiger partial charge in [-0.3, -0.25) is 0 Å². The van der Waals surface area contributed by atoms with Crippen LogP contribution in [0.15, 0.2) is 0 Å². The van der Waals surface area contributed by atoms with Crippen molar-refractivity contribution in [3.63, 3.8) is 0 Å². The van der Waals surface area contributed by atoms with Crippen LogP contribution in [0.4, 0.5) is 0 Å². The largest absolute Gasteiger partial charge is 0.396 e. The van der Waals surface area contributed by atoms with Crippen LogP contribution in [0, 0.1) is 5.92 Å². The Balaban J connectivity index is 2.50. The summed E-state index contributed by atoms with van der Waals surface area (Å²) < 4.78 is 27.1. The van der Waals surface area contributed by atoms with Crippen molar-refractivity contribution in [3.8, 4) is 0 Å². The van der Waals surface area contributed by atoms with Gasteiger partial charge in [0.15, 0.2) is 0 Å². The van der Waals surface area contributed by atoms with Gasteiger partial charge in [-0.15, -0.1) is 0 Å². The molecule has 0 aromatic rings. The van der Waals surface area contributed by atoms with Gasteiger partial charge in [0.05, 0.1) is 0 Å². The molecule has 0 aliphatic carbocycles. The van der Waals surface area contributed by atoms with E-state index in [1.54, 1.807) is 14.1 Å². The van der Waals surface area contributed by atoms with Gasteiger partial charge in [-0.1, -0.05) is 0 Å². The van der Waals surface area contributed by atoms with E-state index in [9.17, 15) is 8.42 Å². The van der Waals surface area contributed by atoms with E-state index in [1.165, 1.54) is 8.61 Å². The highest BCUT2D eigenvalue weighted by atomic mass is 32.2. The maximum absolute atomic E-state index is 12.2. The van der Waals surface area contributed by atoms with Crippen molar-refractivity contribution < 1.29 is 13.5 Å². The zero-order valence-corrected chi connectivity index (χ0v) is 12.4. The molecule has 1 aliphatic heterocycles. The lowest BCUT2D eigenvalue weighted by Crippen LogP contribution is -2.42. The topological polar surface area (TPSA) is 64.1 Å². The Bertz CT molecular complexity index is 347. The van der Waals surface area contributed by atoms with Crippen LogP contribution in [0.3, 0.4) is 0 Å². The summed E-state index contributed by atoms with van der Waals surface area (Å²) in [6, 6.07) is 0. The van der Waals surface area contributed by atoms with Crippen molar-refractivity contribution >= 4 is 10.2 Å². The van der Waals surface area contributed by atoms with Gasteiger partial charge in [-0.05, 0) is 32.4 Å². The molecule has 7 heteroatoms. The molecule has 1 N–H and O–H groups in total. The van der Waals surface area contributed by atoms with Crippen LogP contribution < -0.4 is 0 Å². The lowest BCUT2D eigenvalue weighted by molar-refractivity contribution is 0.271. The highest BCUT2D eigenvalue weighted by Crippen LogP contribution is 2.17. The van der Waals surface area contributed by atoms with Crippen molar-refractivity contribution in [2.45, 2.75) is 12.8 Å². The van der Waals surface area contributed by atoms with E-state index in [0.717, 1.165) is 19.5 Å². The Morgan fingerprint density at radius 1 is 1.33 bits per heavy atom. The summed E-state index contributed by atoms with van der Waals surface area (Å²) >= 11 is 0. The Labute approximate surface area is 110 Å². The molecule has 0 aromatic heterocycles. The number of hydrogen-bond donors (Lipinski definition) is 1. The molecule has 0 spiro atoms. The van der Waals surface area contributed by atoms with Crippen molar-refractivity contribution in [1.82, 2.24) is 13.5 Å². The number of rotatable bonds is 7. The van der Waals surface area contributed by atoms with Gasteiger partial charge in [0.2, 0.25) is 0 Å². The average molecular weight is 279 g/mol. The molecular formula is C11H25N3O3S. The summed E-state index contributed by atoms with van der Waals surface area (Å²) in [5.74, 6) is 0.418. The van der Waals surface area contributed by atoms with Crippen LogP contribution in [0.25, 0.3) is 0 Å². The molecule has 0 radical (unpaired) electrons. The number of nitrogens with zero attached hydrogens (tertiary/aromatic N) is 3. The maximum atomic E-state index is 12.2. The van der Waals surface area contributed by atoms with Crippen molar-refractivity contribution in [2.75, 3.05) is 53.9 Å². The van der Waals surface area contributed by atoms with Crippen molar-refractivity contribution in [3.05, 3.63) is 0 Å². The second kappa shape index (κ2) is 6.81. The summed E-state index contributed by atoms with van der Waals surface area (Å²) in [4.78, 5) is 2.22. The first-order valence-electron chi connectivity index (χ1n) is 6.35. The van der Waals surface area contributed by atoms with E-state index in [4.69, 9.17) is 5.11 Å². The van der Waals surface area contributed by atoms with E-state index < -0.39 is 10.2 Å². The average Bonchev–Trinajstić information content (AvgIpc) is 2.71. The first kappa shape index (κ1) is 15.8. The highest BCUT2D eigenvalue weighted by Gasteiger charge is 2.28. The van der Waals surface area contributed by atoms with Crippen LogP contribution >= 0.6 is 0 Å². The third kappa shape index (κ3) is 4.17. The molecular weight excluding hydrogens is 254 g/mol. The number of aliphatic hydroxyl groups is 1. The molecule has 1 rings (SSSR count). The van der Waals surface area contributed by atoms with Crippen LogP contribution in [0.1, 0.15) is 12.8 Å². The van der Waals surface area contributed by atoms with Gasteiger partial charge in [-0.25, -0.2) is 0 Å². The Morgan fingerprint density at radius 2 is 2.00 bits per heavy atom. The quantitative estimate of drug-likeness (QED) is 0.678. The normalized spacial score (nSPS) is 22.2. The Hall–Kier alpha value is -0.210.